The Morgan fingerprint density at radius 3 is 3.00 bits per heavy atom. The molecule has 86 valence electrons. The molecule has 2 rings (SSSR count). The number of rotatable bonds is 2. The van der Waals surface area contributed by atoms with Crippen LogP contribution in [0.5, 0.6) is 0 Å². The zero-order chi connectivity index (χ0) is 11.5. The summed E-state index contributed by atoms with van der Waals surface area (Å²) in [7, 11) is 0. The molecule has 1 aliphatic heterocycles. The van der Waals surface area contributed by atoms with Crippen LogP contribution in [-0.4, -0.2) is 23.5 Å². The molecule has 1 aromatic heterocycles. The van der Waals surface area contributed by atoms with Crippen LogP contribution in [0.1, 0.15) is 19.3 Å². The molecule has 1 aromatic rings. The van der Waals surface area contributed by atoms with Gasteiger partial charge in [0.25, 0.3) is 0 Å². The lowest BCUT2D eigenvalue weighted by Gasteiger charge is -2.35. The molecule has 0 aliphatic carbocycles. The van der Waals surface area contributed by atoms with E-state index in [4.69, 9.17) is 11.5 Å². The number of primary amides is 1. The van der Waals surface area contributed by atoms with Crippen molar-refractivity contribution in [1.82, 2.24) is 4.98 Å². The normalized spacial score (nSPS) is 20.8. The van der Waals surface area contributed by atoms with E-state index in [2.05, 4.69) is 4.98 Å². The highest BCUT2D eigenvalue weighted by Crippen LogP contribution is 2.25. The summed E-state index contributed by atoms with van der Waals surface area (Å²) in [5, 5.41) is 0. The number of piperidine rings is 1. The van der Waals surface area contributed by atoms with Crippen molar-refractivity contribution in [1.29, 1.82) is 0 Å². The second-order valence-electron chi connectivity index (χ2n) is 4.05. The first kappa shape index (κ1) is 10.7. The Labute approximate surface area is 94.4 Å². The van der Waals surface area contributed by atoms with E-state index in [0.29, 0.717) is 5.82 Å². The molecule has 0 saturated carbocycles. The Morgan fingerprint density at radius 1 is 1.50 bits per heavy atom. The van der Waals surface area contributed by atoms with Crippen molar-refractivity contribution in [3.63, 3.8) is 0 Å². The van der Waals surface area contributed by atoms with E-state index in [1.807, 2.05) is 11.0 Å². The summed E-state index contributed by atoms with van der Waals surface area (Å²) in [5.74, 6) is 0.196. The monoisotopic (exact) mass is 220 g/mol. The first-order valence-electron chi connectivity index (χ1n) is 5.46. The molecule has 1 atom stereocenters. The number of hydrogen-bond donors (Lipinski definition) is 2. The zero-order valence-corrected chi connectivity index (χ0v) is 9.10. The van der Waals surface area contributed by atoms with E-state index in [9.17, 15) is 4.79 Å². The predicted molar refractivity (Wildman–Crippen MR) is 62.8 cm³/mol. The third kappa shape index (κ3) is 2.08. The van der Waals surface area contributed by atoms with Crippen molar-refractivity contribution in [2.24, 2.45) is 5.73 Å². The van der Waals surface area contributed by atoms with E-state index in [1.54, 1.807) is 12.3 Å². The number of amides is 1. The van der Waals surface area contributed by atoms with Gasteiger partial charge in [-0.1, -0.05) is 0 Å². The SMILES string of the molecule is NC(=O)C1CCCCN1c1ccnc(N)c1. The number of carbonyl (C=O) groups excluding carboxylic acids is 1. The molecule has 4 N–H and O–H groups in total. The molecule has 5 heteroatoms. The standard InChI is InChI=1S/C11H16N4O/c12-10-7-8(4-5-14-10)15-6-2-1-3-9(15)11(13)16/h4-5,7,9H,1-3,6H2,(H2,12,14)(H2,13,16). The summed E-state index contributed by atoms with van der Waals surface area (Å²) in [6.07, 6.45) is 4.59. The second kappa shape index (κ2) is 4.38. The van der Waals surface area contributed by atoms with Crippen molar-refractivity contribution < 1.29 is 4.79 Å². The van der Waals surface area contributed by atoms with Crippen LogP contribution in [0, 0.1) is 0 Å². The molecular weight excluding hydrogens is 204 g/mol. The van der Waals surface area contributed by atoms with Gasteiger partial charge in [0, 0.05) is 24.5 Å². The van der Waals surface area contributed by atoms with Crippen molar-refractivity contribution in [2.45, 2.75) is 25.3 Å². The van der Waals surface area contributed by atoms with Crippen molar-refractivity contribution in [3.8, 4) is 0 Å². The van der Waals surface area contributed by atoms with Gasteiger partial charge < -0.3 is 16.4 Å². The average Bonchev–Trinajstić information content (AvgIpc) is 2.29. The number of nitrogen functional groups attached to an aromatic ring is 1. The molecule has 5 nitrogen and oxygen atoms in total. The van der Waals surface area contributed by atoms with Gasteiger partial charge in [-0.15, -0.1) is 0 Å². The van der Waals surface area contributed by atoms with Gasteiger partial charge in [0.15, 0.2) is 0 Å². The van der Waals surface area contributed by atoms with Gasteiger partial charge in [-0.25, -0.2) is 4.98 Å². The minimum absolute atomic E-state index is 0.212. The highest BCUT2D eigenvalue weighted by atomic mass is 16.1. The molecule has 1 unspecified atom stereocenters. The predicted octanol–water partition coefficient (Wildman–Crippen LogP) is 0.508. The Balaban J connectivity index is 2.26. The molecule has 16 heavy (non-hydrogen) atoms. The maximum Gasteiger partial charge on any atom is 0.240 e. The molecular formula is C11H16N4O. The van der Waals surface area contributed by atoms with Crippen LogP contribution in [0.3, 0.4) is 0 Å². The third-order valence-electron chi connectivity index (χ3n) is 2.93. The Bertz CT molecular complexity index is 393. The Morgan fingerprint density at radius 2 is 2.31 bits per heavy atom. The van der Waals surface area contributed by atoms with Gasteiger partial charge in [0.05, 0.1) is 0 Å². The topological polar surface area (TPSA) is 85.2 Å². The summed E-state index contributed by atoms with van der Waals surface area (Å²) in [4.78, 5) is 17.3. The van der Waals surface area contributed by atoms with E-state index in [1.165, 1.54) is 0 Å². The van der Waals surface area contributed by atoms with Crippen LogP contribution >= 0.6 is 0 Å². The third-order valence-corrected chi connectivity index (χ3v) is 2.93. The second-order valence-corrected chi connectivity index (χ2v) is 4.05. The minimum Gasteiger partial charge on any atom is -0.384 e. The molecule has 1 fully saturated rings. The molecule has 1 amide bonds. The van der Waals surface area contributed by atoms with Crippen LogP contribution in [0.4, 0.5) is 11.5 Å². The minimum atomic E-state index is -0.268. The smallest absolute Gasteiger partial charge is 0.240 e. The quantitative estimate of drug-likeness (QED) is 0.760. The number of anilines is 2. The summed E-state index contributed by atoms with van der Waals surface area (Å²) in [6, 6.07) is 3.43. The highest BCUT2D eigenvalue weighted by Gasteiger charge is 2.27. The van der Waals surface area contributed by atoms with Gasteiger partial charge in [-0.2, -0.15) is 0 Å². The van der Waals surface area contributed by atoms with Crippen molar-refractivity contribution >= 4 is 17.4 Å². The first-order valence-corrected chi connectivity index (χ1v) is 5.46. The summed E-state index contributed by atoms with van der Waals surface area (Å²) < 4.78 is 0. The number of carbonyl (C=O) groups is 1. The number of hydrogen-bond acceptors (Lipinski definition) is 4. The fourth-order valence-corrected chi connectivity index (χ4v) is 2.15. The van der Waals surface area contributed by atoms with E-state index >= 15 is 0 Å². The largest absolute Gasteiger partial charge is 0.384 e. The lowest BCUT2D eigenvalue weighted by molar-refractivity contribution is -0.119. The summed E-state index contributed by atoms with van der Waals surface area (Å²) >= 11 is 0. The van der Waals surface area contributed by atoms with Gasteiger partial charge in [0.1, 0.15) is 11.9 Å². The zero-order valence-electron chi connectivity index (χ0n) is 9.10. The van der Waals surface area contributed by atoms with E-state index in [0.717, 1.165) is 31.5 Å². The fourth-order valence-electron chi connectivity index (χ4n) is 2.15. The number of aromatic nitrogens is 1. The summed E-state index contributed by atoms with van der Waals surface area (Å²) in [5.41, 5.74) is 12.0. The van der Waals surface area contributed by atoms with Gasteiger partial charge in [-0.3, -0.25) is 4.79 Å². The average molecular weight is 220 g/mol. The molecule has 0 bridgehead atoms. The molecule has 1 saturated heterocycles. The van der Waals surface area contributed by atoms with Gasteiger partial charge in [0.2, 0.25) is 5.91 Å². The Hall–Kier alpha value is -1.78. The van der Waals surface area contributed by atoms with Gasteiger partial charge in [-0.05, 0) is 25.3 Å². The molecule has 0 radical (unpaired) electrons. The first-order chi connectivity index (χ1) is 7.68. The maximum atomic E-state index is 11.4. The van der Waals surface area contributed by atoms with Gasteiger partial charge >= 0.3 is 0 Å². The Kier molecular flexibility index (Phi) is 2.94. The van der Waals surface area contributed by atoms with E-state index < -0.39 is 0 Å². The van der Waals surface area contributed by atoms with Crippen LogP contribution in [0.25, 0.3) is 0 Å². The molecule has 1 aliphatic rings. The highest BCUT2D eigenvalue weighted by molar-refractivity contribution is 5.84. The van der Waals surface area contributed by atoms with Crippen molar-refractivity contribution in [2.75, 3.05) is 17.2 Å². The lowest BCUT2D eigenvalue weighted by atomic mass is 10.0. The number of nitrogens with zero attached hydrogens (tertiary/aromatic N) is 2. The van der Waals surface area contributed by atoms with Crippen LogP contribution in [0.2, 0.25) is 0 Å². The molecule has 2 heterocycles. The van der Waals surface area contributed by atoms with E-state index in [-0.39, 0.29) is 11.9 Å². The maximum absolute atomic E-state index is 11.4. The van der Waals surface area contributed by atoms with Crippen LogP contribution in [0.15, 0.2) is 18.3 Å². The number of nitrogens with two attached hydrogens (primary N) is 2. The van der Waals surface area contributed by atoms with Crippen LogP contribution < -0.4 is 16.4 Å². The van der Waals surface area contributed by atoms with Crippen LogP contribution in [-0.2, 0) is 4.79 Å². The molecule has 0 aromatic carbocycles. The lowest BCUT2D eigenvalue weighted by Crippen LogP contribution is -2.47. The van der Waals surface area contributed by atoms with Crippen molar-refractivity contribution in [3.05, 3.63) is 18.3 Å². The fraction of sp³-hybridized carbons (Fsp3) is 0.455. The number of pyridine rings is 1. The summed E-state index contributed by atoms with van der Waals surface area (Å²) in [6.45, 7) is 0.844. The molecule has 0 spiro atoms.